The molecule has 2 heterocycles. The van der Waals surface area contributed by atoms with Crippen LogP contribution in [0.5, 0.6) is 5.88 Å². The molecule has 3 aliphatic rings. The van der Waals surface area contributed by atoms with Crippen molar-refractivity contribution < 1.29 is 4.74 Å². The molecule has 1 N–H and O–H groups in total. The number of nitrogens with zero attached hydrogens (tertiary/aromatic N) is 3. The highest BCUT2D eigenvalue weighted by molar-refractivity contribution is 14.0. The molecule has 1 aromatic rings. The zero-order chi connectivity index (χ0) is 16.4. The maximum Gasteiger partial charge on any atom is 0.213 e. The van der Waals surface area contributed by atoms with Gasteiger partial charge in [0.25, 0.3) is 0 Å². The molecule has 1 aromatic heterocycles. The number of aromatic nitrogens is 1. The lowest BCUT2D eigenvalue weighted by molar-refractivity contribution is 0.151. The SMILES string of the molecule is CN=C(NCc1ccnc(OCC2CC2)c1)N1CCC2(CCC2)C1.I. The van der Waals surface area contributed by atoms with Crippen LogP contribution in [-0.2, 0) is 6.54 Å². The first-order chi connectivity index (χ1) is 11.8. The van der Waals surface area contributed by atoms with Gasteiger partial charge >= 0.3 is 0 Å². The molecule has 138 valence electrons. The zero-order valence-electron chi connectivity index (χ0n) is 15.0. The lowest BCUT2D eigenvalue weighted by Gasteiger charge is -2.38. The fourth-order valence-electron chi connectivity index (χ4n) is 3.84. The molecular weight excluding hydrogens is 427 g/mol. The number of hydrogen-bond donors (Lipinski definition) is 1. The number of likely N-dealkylation sites (tertiary alicyclic amines) is 1. The maximum absolute atomic E-state index is 5.77. The number of aliphatic imine (C=N–C) groups is 1. The average Bonchev–Trinajstić information content (AvgIpc) is 3.29. The number of hydrogen-bond acceptors (Lipinski definition) is 3. The Hall–Kier alpha value is -1.05. The van der Waals surface area contributed by atoms with Crippen LogP contribution >= 0.6 is 24.0 Å². The Morgan fingerprint density at radius 1 is 1.40 bits per heavy atom. The number of pyridine rings is 1. The second-order valence-corrected chi connectivity index (χ2v) is 7.68. The zero-order valence-corrected chi connectivity index (χ0v) is 17.4. The fraction of sp³-hybridized carbons (Fsp3) is 0.684. The largest absolute Gasteiger partial charge is 0.477 e. The number of nitrogens with one attached hydrogen (secondary N) is 1. The Kier molecular flexibility index (Phi) is 6.07. The van der Waals surface area contributed by atoms with Crippen LogP contribution in [-0.4, -0.2) is 42.6 Å². The van der Waals surface area contributed by atoms with Gasteiger partial charge in [0.2, 0.25) is 5.88 Å². The van der Waals surface area contributed by atoms with Crippen LogP contribution in [0.15, 0.2) is 23.3 Å². The third kappa shape index (κ3) is 4.57. The van der Waals surface area contributed by atoms with E-state index in [1.807, 2.05) is 25.4 Å². The van der Waals surface area contributed by atoms with Crippen LogP contribution in [0, 0.1) is 11.3 Å². The molecule has 0 atom stereocenters. The Labute approximate surface area is 167 Å². The lowest BCUT2D eigenvalue weighted by atomic mass is 9.68. The molecule has 0 unspecified atom stereocenters. The second kappa shape index (κ2) is 8.10. The van der Waals surface area contributed by atoms with E-state index in [0.717, 1.165) is 37.5 Å². The Morgan fingerprint density at radius 3 is 2.88 bits per heavy atom. The van der Waals surface area contributed by atoms with Gasteiger partial charge in [-0.25, -0.2) is 4.98 Å². The summed E-state index contributed by atoms with van der Waals surface area (Å²) >= 11 is 0. The summed E-state index contributed by atoms with van der Waals surface area (Å²) in [5.41, 5.74) is 1.78. The minimum Gasteiger partial charge on any atom is -0.477 e. The van der Waals surface area contributed by atoms with Crippen molar-refractivity contribution in [2.75, 3.05) is 26.7 Å². The smallest absolute Gasteiger partial charge is 0.213 e. The quantitative estimate of drug-likeness (QED) is 0.419. The molecule has 0 radical (unpaired) electrons. The van der Waals surface area contributed by atoms with Crippen molar-refractivity contribution in [2.45, 2.75) is 45.1 Å². The van der Waals surface area contributed by atoms with Gasteiger partial charge in [-0.1, -0.05) is 6.42 Å². The van der Waals surface area contributed by atoms with Crippen molar-refractivity contribution in [3.63, 3.8) is 0 Å². The summed E-state index contributed by atoms with van der Waals surface area (Å²) in [6, 6.07) is 4.09. The normalized spacial score (nSPS) is 21.6. The van der Waals surface area contributed by atoms with Crippen LogP contribution in [0.4, 0.5) is 0 Å². The second-order valence-electron chi connectivity index (χ2n) is 7.68. The van der Waals surface area contributed by atoms with Crippen molar-refractivity contribution >= 4 is 29.9 Å². The number of guanidine groups is 1. The number of rotatable bonds is 5. The van der Waals surface area contributed by atoms with E-state index in [1.165, 1.54) is 50.6 Å². The highest BCUT2D eigenvalue weighted by atomic mass is 127. The first-order valence-corrected chi connectivity index (χ1v) is 9.30. The topological polar surface area (TPSA) is 49.8 Å². The standard InChI is InChI=1S/C19H28N4O.HI/c1-20-18(23-10-8-19(14-23)6-2-7-19)22-12-16-5-9-21-17(11-16)24-13-15-3-4-15;/h5,9,11,15H,2-4,6-8,10,12-14H2,1H3,(H,20,22);1H. The molecule has 25 heavy (non-hydrogen) atoms. The van der Waals surface area contributed by atoms with Crippen molar-refractivity contribution in [3.05, 3.63) is 23.9 Å². The molecule has 4 rings (SSSR count). The van der Waals surface area contributed by atoms with Gasteiger partial charge in [0, 0.05) is 38.9 Å². The van der Waals surface area contributed by atoms with Gasteiger partial charge in [-0.05, 0) is 55.1 Å². The van der Waals surface area contributed by atoms with Gasteiger partial charge in [-0.3, -0.25) is 4.99 Å². The predicted molar refractivity (Wildman–Crippen MR) is 111 cm³/mol. The molecule has 3 fully saturated rings. The summed E-state index contributed by atoms with van der Waals surface area (Å²) in [5, 5.41) is 3.51. The van der Waals surface area contributed by atoms with E-state index in [4.69, 9.17) is 4.74 Å². The van der Waals surface area contributed by atoms with E-state index >= 15 is 0 Å². The molecule has 2 saturated carbocycles. The van der Waals surface area contributed by atoms with Gasteiger partial charge in [-0.15, -0.1) is 24.0 Å². The van der Waals surface area contributed by atoms with Gasteiger partial charge in [0.05, 0.1) is 6.61 Å². The van der Waals surface area contributed by atoms with Gasteiger partial charge < -0.3 is 15.0 Å². The molecule has 0 bridgehead atoms. The molecule has 1 aliphatic heterocycles. The first kappa shape index (κ1) is 18.7. The molecule has 0 amide bonds. The Bertz CT molecular complexity index is 613. The van der Waals surface area contributed by atoms with Crippen molar-refractivity contribution in [2.24, 2.45) is 16.3 Å². The van der Waals surface area contributed by atoms with Crippen LogP contribution in [0.25, 0.3) is 0 Å². The summed E-state index contributed by atoms with van der Waals surface area (Å²) in [4.78, 5) is 11.2. The Balaban J connectivity index is 0.00000182. The summed E-state index contributed by atoms with van der Waals surface area (Å²) in [5.74, 6) is 2.52. The molecule has 6 heteroatoms. The highest BCUT2D eigenvalue weighted by Crippen LogP contribution is 2.47. The van der Waals surface area contributed by atoms with Crippen molar-refractivity contribution in [1.82, 2.24) is 15.2 Å². The maximum atomic E-state index is 5.77. The van der Waals surface area contributed by atoms with Crippen LogP contribution in [0.1, 0.15) is 44.1 Å². The molecule has 0 aromatic carbocycles. The minimum atomic E-state index is 0. The Morgan fingerprint density at radius 2 is 2.24 bits per heavy atom. The third-order valence-corrected chi connectivity index (χ3v) is 5.78. The van der Waals surface area contributed by atoms with Crippen molar-refractivity contribution in [1.29, 1.82) is 0 Å². The highest BCUT2D eigenvalue weighted by Gasteiger charge is 2.43. The number of ether oxygens (including phenoxy) is 1. The lowest BCUT2D eigenvalue weighted by Crippen LogP contribution is -2.42. The minimum absolute atomic E-state index is 0. The summed E-state index contributed by atoms with van der Waals surface area (Å²) < 4.78 is 5.77. The molecule has 2 aliphatic carbocycles. The fourth-order valence-corrected chi connectivity index (χ4v) is 3.84. The first-order valence-electron chi connectivity index (χ1n) is 9.30. The molecule has 1 spiro atoms. The van der Waals surface area contributed by atoms with E-state index in [0.29, 0.717) is 5.41 Å². The van der Waals surface area contributed by atoms with Crippen molar-refractivity contribution in [3.8, 4) is 5.88 Å². The summed E-state index contributed by atoms with van der Waals surface area (Å²) in [7, 11) is 1.88. The van der Waals surface area contributed by atoms with E-state index < -0.39 is 0 Å². The predicted octanol–water partition coefficient (Wildman–Crippen LogP) is 3.44. The van der Waals surface area contributed by atoms with Gasteiger partial charge in [-0.2, -0.15) is 0 Å². The molecule has 1 saturated heterocycles. The van der Waals surface area contributed by atoms with E-state index in [2.05, 4.69) is 20.2 Å². The van der Waals surface area contributed by atoms with Crippen LogP contribution in [0.2, 0.25) is 0 Å². The van der Waals surface area contributed by atoms with Gasteiger partial charge in [0.15, 0.2) is 5.96 Å². The summed E-state index contributed by atoms with van der Waals surface area (Å²) in [6.07, 6.45) is 9.95. The number of halogens is 1. The van der Waals surface area contributed by atoms with Crippen LogP contribution < -0.4 is 10.1 Å². The van der Waals surface area contributed by atoms with Crippen LogP contribution in [0.3, 0.4) is 0 Å². The monoisotopic (exact) mass is 456 g/mol. The molecule has 5 nitrogen and oxygen atoms in total. The average molecular weight is 456 g/mol. The molecular formula is C19H29IN4O. The van der Waals surface area contributed by atoms with E-state index in [1.54, 1.807) is 0 Å². The van der Waals surface area contributed by atoms with E-state index in [9.17, 15) is 0 Å². The van der Waals surface area contributed by atoms with E-state index in [-0.39, 0.29) is 24.0 Å². The third-order valence-electron chi connectivity index (χ3n) is 5.78. The summed E-state index contributed by atoms with van der Waals surface area (Å²) in [6.45, 7) is 3.87. The van der Waals surface area contributed by atoms with Gasteiger partial charge in [0.1, 0.15) is 0 Å².